The van der Waals surface area contributed by atoms with Crippen LogP contribution in [-0.2, 0) is 0 Å². The van der Waals surface area contributed by atoms with Gasteiger partial charge in [-0.3, -0.25) is 0 Å². The minimum absolute atomic E-state index is 0.117. The first-order valence-corrected chi connectivity index (χ1v) is 7.01. The molecule has 0 bridgehead atoms. The molecule has 2 N–H and O–H groups in total. The third kappa shape index (κ3) is 2.49. The van der Waals surface area contributed by atoms with E-state index in [-0.39, 0.29) is 11.0 Å². The topological polar surface area (TPSA) is 26.0 Å². The molecule has 1 nitrogen and oxygen atoms in total. The fraction of sp³-hybridized carbons (Fsp3) is 0.750. The fourth-order valence-corrected chi connectivity index (χ4v) is 3.16. The van der Waals surface area contributed by atoms with Gasteiger partial charge in [0.25, 0.3) is 0 Å². The molecule has 98 valence electrons. The molecule has 1 aliphatic rings. The molecule has 1 aliphatic carbocycles. The summed E-state index contributed by atoms with van der Waals surface area (Å²) in [6.45, 7) is 11.3. The Morgan fingerprint density at radius 2 is 1.94 bits per heavy atom. The minimum Gasteiger partial charge on any atom is -0.324 e. The maximum atomic E-state index is 6.72. The molecule has 0 spiro atoms. The van der Waals surface area contributed by atoms with E-state index < -0.39 is 0 Å². The van der Waals surface area contributed by atoms with E-state index in [9.17, 15) is 0 Å². The highest BCUT2D eigenvalue weighted by Gasteiger charge is 2.48. The van der Waals surface area contributed by atoms with Crippen molar-refractivity contribution in [3.8, 4) is 0 Å². The van der Waals surface area contributed by atoms with E-state index in [1.807, 2.05) is 0 Å². The first kappa shape index (κ1) is 14.5. The molecule has 0 saturated carbocycles. The fourth-order valence-electron chi connectivity index (χ4n) is 3.16. The van der Waals surface area contributed by atoms with Crippen LogP contribution in [0.25, 0.3) is 0 Å². The molecule has 0 aromatic carbocycles. The van der Waals surface area contributed by atoms with Crippen LogP contribution in [0.15, 0.2) is 24.3 Å². The molecule has 3 atom stereocenters. The Morgan fingerprint density at radius 1 is 1.29 bits per heavy atom. The van der Waals surface area contributed by atoms with Gasteiger partial charge in [0.15, 0.2) is 0 Å². The van der Waals surface area contributed by atoms with Crippen molar-refractivity contribution in [3.05, 3.63) is 24.3 Å². The largest absolute Gasteiger partial charge is 0.324 e. The molecule has 0 saturated heterocycles. The molecule has 1 rings (SSSR count). The Balaban J connectivity index is 3.11. The third-order valence-corrected chi connectivity index (χ3v) is 4.90. The van der Waals surface area contributed by atoms with E-state index in [0.717, 1.165) is 6.42 Å². The summed E-state index contributed by atoms with van der Waals surface area (Å²) in [4.78, 5) is 0. The summed E-state index contributed by atoms with van der Waals surface area (Å²) in [5.41, 5.74) is 6.68. The molecule has 0 fully saturated rings. The van der Waals surface area contributed by atoms with Crippen LogP contribution in [0.5, 0.6) is 0 Å². The number of hydrogen-bond donors (Lipinski definition) is 1. The molecule has 0 radical (unpaired) electrons. The van der Waals surface area contributed by atoms with Gasteiger partial charge in [-0.15, -0.1) is 0 Å². The van der Waals surface area contributed by atoms with Gasteiger partial charge in [-0.05, 0) is 25.2 Å². The SMILES string of the molecule is CCCC(C)C1(C(C)(N)C(C)C)C=CC=CC1. The summed E-state index contributed by atoms with van der Waals surface area (Å²) >= 11 is 0. The zero-order chi connectivity index (χ0) is 13.1. The highest BCUT2D eigenvalue weighted by molar-refractivity contribution is 5.24. The zero-order valence-corrected chi connectivity index (χ0v) is 12.2. The van der Waals surface area contributed by atoms with Gasteiger partial charge in [-0.25, -0.2) is 0 Å². The predicted octanol–water partition coefficient (Wildman–Crippen LogP) is 4.30. The standard InChI is InChI=1S/C16H29N/c1-6-10-14(4)16(11-8-7-9-12-16)15(5,17)13(2)3/h7-9,11,13-14H,6,10,12,17H2,1-5H3. The lowest BCUT2D eigenvalue weighted by molar-refractivity contribution is 0.0756. The summed E-state index contributed by atoms with van der Waals surface area (Å²) in [5, 5.41) is 0. The monoisotopic (exact) mass is 235 g/mol. The van der Waals surface area contributed by atoms with Gasteiger partial charge >= 0.3 is 0 Å². The number of nitrogens with two attached hydrogens (primary N) is 1. The second kappa shape index (κ2) is 5.39. The molecule has 0 heterocycles. The van der Waals surface area contributed by atoms with Crippen LogP contribution in [-0.4, -0.2) is 5.54 Å². The summed E-state index contributed by atoms with van der Waals surface area (Å²) in [6, 6.07) is 0. The van der Waals surface area contributed by atoms with Gasteiger partial charge in [0.2, 0.25) is 0 Å². The average molecular weight is 235 g/mol. The Bertz CT molecular complexity index is 299. The van der Waals surface area contributed by atoms with Crippen LogP contribution in [0.2, 0.25) is 0 Å². The van der Waals surface area contributed by atoms with Gasteiger partial charge in [-0.2, -0.15) is 0 Å². The first-order valence-electron chi connectivity index (χ1n) is 7.01. The van der Waals surface area contributed by atoms with E-state index in [0.29, 0.717) is 11.8 Å². The summed E-state index contributed by atoms with van der Waals surface area (Å²) in [7, 11) is 0. The van der Waals surface area contributed by atoms with Crippen LogP contribution in [0, 0.1) is 17.3 Å². The summed E-state index contributed by atoms with van der Waals surface area (Å²) in [6.07, 6.45) is 12.5. The maximum Gasteiger partial charge on any atom is 0.0246 e. The summed E-state index contributed by atoms with van der Waals surface area (Å²) < 4.78 is 0. The number of hydrogen-bond acceptors (Lipinski definition) is 1. The van der Waals surface area contributed by atoms with Crippen LogP contribution in [0.1, 0.15) is 53.9 Å². The van der Waals surface area contributed by atoms with Crippen molar-refractivity contribution < 1.29 is 0 Å². The molecule has 1 heteroatoms. The number of rotatable bonds is 5. The molecule has 0 amide bonds. The van der Waals surface area contributed by atoms with Gasteiger partial charge < -0.3 is 5.73 Å². The van der Waals surface area contributed by atoms with E-state index >= 15 is 0 Å². The van der Waals surface area contributed by atoms with Crippen LogP contribution in [0.3, 0.4) is 0 Å². The molecule has 0 aromatic rings. The normalized spacial score (nSPS) is 29.4. The predicted molar refractivity (Wildman–Crippen MR) is 76.8 cm³/mol. The van der Waals surface area contributed by atoms with E-state index in [4.69, 9.17) is 5.73 Å². The lowest BCUT2D eigenvalue weighted by Gasteiger charge is -2.51. The van der Waals surface area contributed by atoms with Crippen molar-refractivity contribution in [3.63, 3.8) is 0 Å². The van der Waals surface area contributed by atoms with Gasteiger partial charge in [0.1, 0.15) is 0 Å². The zero-order valence-electron chi connectivity index (χ0n) is 12.2. The average Bonchev–Trinajstić information content (AvgIpc) is 2.29. The Kier molecular flexibility index (Phi) is 4.60. The Morgan fingerprint density at radius 3 is 2.35 bits per heavy atom. The van der Waals surface area contributed by atoms with Crippen molar-refractivity contribution in [2.24, 2.45) is 23.0 Å². The van der Waals surface area contributed by atoms with Gasteiger partial charge in [0.05, 0.1) is 0 Å². The number of allylic oxidation sites excluding steroid dienone is 3. The maximum absolute atomic E-state index is 6.72. The highest BCUT2D eigenvalue weighted by Crippen LogP contribution is 2.48. The van der Waals surface area contributed by atoms with Crippen LogP contribution >= 0.6 is 0 Å². The molecule has 17 heavy (non-hydrogen) atoms. The van der Waals surface area contributed by atoms with E-state index in [2.05, 4.69) is 58.9 Å². The van der Waals surface area contributed by atoms with Crippen molar-refractivity contribution in [1.29, 1.82) is 0 Å². The minimum atomic E-state index is -0.150. The van der Waals surface area contributed by atoms with E-state index in [1.54, 1.807) is 0 Å². The second-order valence-electron chi connectivity index (χ2n) is 6.16. The van der Waals surface area contributed by atoms with Crippen molar-refractivity contribution in [1.82, 2.24) is 0 Å². The smallest absolute Gasteiger partial charge is 0.0246 e. The second-order valence-corrected chi connectivity index (χ2v) is 6.16. The summed E-state index contributed by atoms with van der Waals surface area (Å²) in [5.74, 6) is 1.11. The van der Waals surface area contributed by atoms with Crippen LogP contribution in [0.4, 0.5) is 0 Å². The lowest BCUT2D eigenvalue weighted by Crippen LogP contribution is -2.59. The quantitative estimate of drug-likeness (QED) is 0.755. The van der Waals surface area contributed by atoms with Crippen molar-refractivity contribution >= 4 is 0 Å². The molecule has 0 aromatic heterocycles. The third-order valence-electron chi connectivity index (χ3n) is 4.90. The van der Waals surface area contributed by atoms with Gasteiger partial charge in [0, 0.05) is 11.0 Å². The van der Waals surface area contributed by atoms with Crippen LogP contribution < -0.4 is 5.73 Å². The molecular weight excluding hydrogens is 206 g/mol. The Labute approximate surface area is 107 Å². The van der Waals surface area contributed by atoms with Crippen molar-refractivity contribution in [2.75, 3.05) is 0 Å². The van der Waals surface area contributed by atoms with Crippen molar-refractivity contribution in [2.45, 2.75) is 59.4 Å². The van der Waals surface area contributed by atoms with E-state index in [1.165, 1.54) is 12.8 Å². The molecule has 0 aliphatic heterocycles. The Hall–Kier alpha value is -0.560. The lowest BCUT2D eigenvalue weighted by atomic mass is 9.56. The first-order chi connectivity index (χ1) is 7.88. The highest BCUT2D eigenvalue weighted by atomic mass is 14.8. The molecule has 3 unspecified atom stereocenters. The van der Waals surface area contributed by atoms with Gasteiger partial charge in [-0.1, -0.05) is 64.8 Å². The molecular formula is C16H29N.